The third kappa shape index (κ3) is 4.25. The average molecular weight is 307 g/mol. The van der Waals surface area contributed by atoms with Crippen molar-refractivity contribution in [3.05, 3.63) is 46.7 Å². The molecule has 0 bridgehead atoms. The van der Waals surface area contributed by atoms with E-state index in [4.69, 9.17) is 0 Å². The molecule has 1 heterocycles. The lowest BCUT2D eigenvalue weighted by molar-refractivity contribution is 0.568. The second-order valence-electron chi connectivity index (χ2n) is 4.94. The van der Waals surface area contributed by atoms with Crippen molar-refractivity contribution < 1.29 is 4.39 Å². The molecule has 2 rings (SSSR count). The fraction of sp³-hybridized carbons (Fsp3) is 0.438. The SMILES string of the molecule is CCN(CC)c1ncc(CNC(C)c2cccc(F)c2)s1. The summed E-state index contributed by atoms with van der Waals surface area (Å²) in [7, 11) is 0. The van der Waals surface area contributed by atoms with E-state index in [-0.39, 0.29) is 11.9 Å². The maximum Gasteiger partial charge on any atom is 0.185 e. The number of hydrogen-bond acceptors (Lipinski definition) is 4. The summed E-state index contributed by atoms with van der Waals surface area (Å²) in [6.07, 6.45) is 1.92. The third-order valence-electron chi connectivity index (χ3n) is 3.51. The summed E-state index contributed by atoms with van der Waals surface area (Å²) in [5, 5.41) is 4.48. The van der Waals surface area contributed by atoms with Crippen LogP contribution in [0.1, 0.15) is 37.3 Å². The Balaban J connectivity index is 1.94. The van der Waals surface area contributed by atoms with Gasteiger partial charge in [0.2, 0.25) is 0 Å². The van der Waals surface area contributed by atoms with Gasteiger partial charge in [-0.2, -0.15) is 0 Å². The van der Waals surface area contributed by atoms with Crippen LogP contribution in [0.4, 0.5) is 9.52 Å². The fourth-order valence-corrected chi connectivity index (χ4v) is 3.15. The number of nitrogens with one attached hydrogen (secondary N) is 1. The smallest absolute Gasteiger partial charge is 0.185 e. The number of hydrogen-bond donors (Lipinski definition) is 1. The molecule has 1 aromatic carbocycles. The first-order valence-corrected chi connectivity index (χ1v) is 8.14. The Morgan fingerprint density at radius 3 is 2.76 bits per heavy atom. The highest BCUT2D eigenvalue weighted by Gasteiger charge is 2.10. The van der Waals surface area contributed by atoms with Crippen molar-refractivity contribution in [1.29, 1.82) is 0 Å². The number of rotatable bonds is 7. The van der Waals surface area contributed by atoms with E-state index in [0.29, 0.717) is 0 Å². The molecule has 1 N–H and O–H groups in total. The van der Waals surface area contributed by atoms with Crippen molar-refractivity contribution in [2.75, 3.05) is 18.0 Å². The predicted octanol–water partition coefficient (Wildman–Crippen LogP) is 3.98. The monoisotopic (exact) mass is 307 g/mol. The molecule has 0 aliphatic rings. The normalized spacial score (nSPS) is 12.4. The van der Waals surface area contributed by atoms with E-state index in [0.717, 1.165) is 30.3 Å². The van der Waals surface area contributed by atoms with Gasteiger partial charge in [0.25, 0.3) is 0 Å². The van der Waals surface area contributed by atoms with Gasteiger partial charge in [0.15, 0.2) is 5.13 Å². The zero-order valence-electron chi connectivity index (χ0n) is 12.8. The number of benzene rings is 1. The van der Waals surface area contributed by atoms with Crippen molar-refractivity contribution in [3.8, 4) is 0 Å². The van der Waals surface area contributed by atoms with Crippen LogP contribution in [0.2, 0.25) is 0 Å². The molecule has 0 aliphatic carbocycles. The van der Waals surface area contributed by atoms with Gasteiger partial charge < -0.3 is 10.2 Å². The Kier molecular flexibility index (Phi) is 5.70. The Labute approximate surface area is 129 Å². The van der Waals surface area contributed by atoms with Gasteiger partial charge in [0.1, 0.15) is 5.82 Å². The lowest BCUT2D eigenvalue weighted by Crippen LogP contribution is -2.21. The highest BCUT2D eigenvalue weighted by Crippen LogP contribution is 2.23. The number of anilines is 1. The van der Waals surface area contributed by atoms with Gasteiger partial charge in [0.05, 0.1) is 0 Å². The van der Waals surface area contributed by atoms with E-state index in [1.807, 2.05) is 19.2 Å². The topological polar surface area (TPSA) is 28.2 Å². The molecular formula is C16H22FN3S. The maximum absolute atomic E-state index is 13.2. The van der Waals surface area contributed by atoms with E-state index in [9.17, 15) is 4.39 Å². The number of aromatic nitrogens is 1. The molecule has 1 aromatic heterocycles. The first-order chi connectivity index (χ1) is 10.1. The Bertz CT molecular complexity index is 566. The van der Waals surface area contributed by atoms with Crippen molar-refractivity contribution in [2.24, 2.45) is 0 Å². The molecule has 0 fully saturated rings. The molecule has 1 unspecified atom stereocenters. The van der Waals surface area contributed by atoms with Crippen molar-refractivity contribution in [3.63, 3.8) is 0 Å². The van der Waals surface area contributed by atoms with Gasteiger partial charge in [0, 0.05) is 36.8 Å². The number of halogens is 1. The maximum atomic E-state index is 13.2. The quantitative estimate of drug-likeness (QED) is 0.838. The zero-order chi connectivity index (χ0) is 15.2. The summed E-state index contributed by atoms with van der Waals surface area (Å²) in [6.45, 7) is 8.99. The Hall–Kier alpha value is -1.46. The molecule has 114 valence electrons. The third-order valence-corrected chi connectivity index (χ3v) is 4.56. The molecule has 0 saturated carbocycles. The highest BCUT2D eigenvalue weighted by atomic mass is 32.1. The van der Waals surface area contributed by atoms with Crippen LogP contribution in [-0.4, -0.2) is 18.1 Å². The lowest BCUT2D eigenvalue weighted by atomic mass is 10.1. The van der Waals surface area contributed by atoms with Crippen molar-refractivity contribution in [1.82, 2.24) is 10.3 Å². The molecule has 2 aromatic rings. The summed E-state index contributed by atoms with van der Waals surface area (Å²) in [6, 6.07) is 6.84. The van der Waals surface area contributed by atoms with Gasteiger partial charge in [-0.25, -0.2) is 9.37 Å². The van der Waals surface area contributed by atoms with Crippen LogP contribution >= 0.6 is 11.3 Å². The minimum Gasteiger partial charge on any atom is -0.349 e. The molecule has 21 heavy (non-hydrogen) atoms. The molecule has 0 amide bonds. The van der Waals surface area contributed by atoms with Gasteiger partial charge in [-0.05, 0) is 38.5 Å². The minimum absolute atomic E-state index is 0.111. The van der Waals surface area contributed by atoms with E-state index in [1.54, 1.807) is 23.5 Å². The first kappa shape index (κ1) is 15.9. The van der Waals surface area contributed by atoms with Gasteiger partial charge in [-0.3, -0.25) is 0 Å². The van der Waals surface area contributed by atoms with E-state index >= 15 is 0 Å². The van der Waals surface area contributed by atoms with Crippen molar-refractivity contribution in [2.45, 2.75) is 33.4 Å². The molecule has 5 heteroatoms. The predicted molar refractivity (Wildman–Crippen MR) is 87.3 cm³/mol. The van der Waals surface area contributed by atoms with Crippen LogP contribution in [0.25, 0.3) is 0 Å². The van der Waals surface area contributed by atoms with Crippen molar-refractivity contribution >= 4 is 16.5 Å². The molecule has 0 saturated heterocycles. The summed E-state index contributed by atoms with van der Waals surface area (Å²) in [5.74, 6) is -0.192. The molecular weight excluding hydrogens is 285 g/mol. The van der Waals surface area contributed by atoms with Gasteiger partial charge in [-0.1, -0.05) is 12.1 Å². The number of nitrogens with zero attached hydrogens (tertiary/aromatic N) is 2. The Morgan fingerprint density at radius 1 is 1.33 bits per heavy atom. The second-order valence-corrected chi connectivity index (χ2v) is 6.03. The van der Waals surface area contributed by atoms with Crippen LogP contribution in [-0.2, 0) is 6.54 Å². The van der Waals surface area contributed by atoms with Crippen LogP contribution in [0.5, 0.6) is 0 Å². The van der Waals surface area contributed by atoms with Crippen LogP contribution in [0.3, 0.4) is 0 Å². The molecule has 0 aliphatic heterocycles. The van der Waals surface area contributed by atoms with Crippen LogP contribution < -0.4 is 10.2 Å². The first-order valence-electron chi connectivity index (χ1n) is 7.32. The minimum atomic E-state index is -0.192. The van der Waals surface area contributed by atoms with Gasteiger partial charge >= 0.3 is 0 Å². The fourth-order valence-electron chi connectivity index (χ4n) is 2.17. The summed E-state index contributed by atoms with van der Waals surface area (Å²) < 4.78 is 13.2. The lowest BCUT2D eigenvalue weighted by Gasteiger charge is -2.16. The summed E-state index contributed by atoms with van der Waals surface area (Å²) in [5.41, 5.74) is 0.962. The van der Waals surface area contributed by atoms with Gasteiger partial charge in [-0.15, -0.1) is 11.3 Å². The highest BCUT2D eigenvalue weighted by molar-refractivity contribution is 7.15. The van der Waals surface area contributed by atoms with E-state index in [2.05, 4.69) is 29.0 Å². The zero-order valence-corrected chi connectivity index (χ0v) is 13.6. The van der Waals surface area contributed by atoms with Crippen LogP contribution in [0.15, 0.2) is 30.5 Å². The largest absolute Gasteiger partial charge is 0.349 e. The standard InChI is InChI=1S/C16H22FN3S/c1-4-20(5-2)16-19-11-15(21-16)10-18-12(3)13-7-6-8-14(17)9-13/h6-9,11-12,18H,4-5,10H2,1-3H3. The summed E-state index contributed by atoms with van der Waals surface area (Å²) in [4.78, 5) is 7.90. The number of thiazole rings is 1. The molecule has 1 atom stereocenters. The Morgan fingerprint density at radius 2 is 2.10 bits per heavy atom. The van der Waals surface area contributed by atoms with E-state index in [1.165, 1.54) is 10.9 Å². The molecule has 0 radical (unpaired) electrons. The average Bonchev–Trinajstić information content (AvgIpc) is 2.95. The van der Waals surface area contributed by atoms with E-state index < -0.39 is 0 Å². The van der Waals surface area contributed by atoms with Crippen LogP contribution in [0, 0.1) is 5.82 Å². The molecule has 0 spiro atoms. The second kappa shape index (κ2) is 7.52. The molecule has 3 nitrogen and oxygen atoms in total. The summed E-state index contributed by atoms with van der Waals surface area (Å²) >= 11 is 1.71.